The predicted octanol–water partition coefficient (Wildman–Crippen LogP) is 3.43. The molecule has 3 N–H and O–H groups in total. The third-order valence-electron chi connectivity index (χ3n) is 3.85. The van der Waals surface area contributed by atoms with Crippen LogP contribution >= 0.6 is 0 Å². The summed E-state index contributed by atoms with van der Waals surface area (Å²) in [5.74, 6) is -1.01. The van der Waals surface area contributed by atoms with Gasteiger partial charge in [-0.3, -0.25) is 9.59 Å². The molecule has 0 aromatic heterocycles. The van der Waals surface area contributed by atoms with Crippen molar-refractivity contribution in [1.29, 1.82) is 0 Å². The Morgan fingerprint density at radius 1 is 0.917 bits per heavy atom. The number of aryl methyl sites for hydroxylation is 4. The first-order valence-corrected chi connectivity index (χ1v) is 7.74. The van der Waals surface area contributed by atoms with Crippen molar-refractivity contribution in [1.82, 2.24) is 0 Å². The summed E-state index contributed by atoms with van der Waals surface area (Å²) >= 11 is 0. The zero-order chi connectivity index (χ0) is 17.9. The van der Waals surface area contributed by atoms with Crippen LogP contribution in [0.3, 0.4) is 0 Å². The number of anilines is 1. The highest BCUT2D eigenvalue weighted by Gasteiger charge is 2.12. The molecule has 0 spiro atoms. The Hall–Kier alpha value is -2.88. The van der Waals surface area contributed by atoms with Crippen molar-refractivity contribution in [3.8, 4) is 0 Å². The summed E-state index contributed by atoms with van der Waals surface area (Å²) in [5, 5.41) is 2.78. The molecule has 2 aromatic rings. The third-order valence-corrected chi connectivity index (χ3v) is 3.85. The minimum Gasteiger partial charge on any atom is -0.366 e. The van der Waals surface area contributed by atoms with E-state index in [1.807, 2.05) is 58.0 Å². The number of carbonyl (C=O) groups excluding carboxylic acids is 2. The number of carbonyl (C=O) groups is 2. The normalized spacial score (nSPS) is 11.2. The Kier molecular flexibility index (Phi) is 5.19. The Balaban J connectivity index is 2.31. The molecule has 4 heteroatoms. The maximum atomic E-state index is 12.3. The number of hydrogen-bond acceptors (Lipinski definition) is 2. The monoisotopic (exact) mass is 322 g/mol. The number of nitrogens with one attached hydrogen (secondary N) is 1. The molecule has 0 saturated heterocycles. The van der Waals surface area contributed by atoms with Crippen LogP contribution < -0.4 is 11.1 Å². The van der Waals surface area contributed by atoms with Crippen LogP contribution in [0.25, 0.3) is 5.57 Å². The average molecular weight is 322 g/mol. The van der Waals surface area contributed by atoms with E-state index < -0.39 is 5.91 Å². The molecule has 0 aliphatic heterocycles. The van der Waals surface area contributed by atoms with E-state index in [0.717, 1.165) is 22.3 Å². The summed E-state index contributed by atoms with van der Waals surface area (Å²) in [6.07, 6.45) is 1.25. The smallest absolute Gasteiger partial charge is 0.249 e. The van der Waals surface area contributed by atoms with E-state index in [0.29, 0.717) is 11.3 Å². The lowest BCUT2D eigenvalue weighted by Gasteiger charge is -2.09. The lowest BCUT2D eigenvalue weighted by Crippen LogP contribution is -2.17. The number of amides is 2. The second kappa shape index (κ2) is 7.13. The molecule has 0 heterocycles. The zero-order valence-electron chi connectivity index (χ0n) is 14.4. The van der Waals surface area contributed by atoms with Gasteiger partial charge in [0.25, 0.3) is 0 Å². The van der Waals surface area contributed by atoms with Gasteiger partial charge >= 0.3 is 0 Å². The van der Waals surface area contributed by atoms with Crippen molar-refractivity contribution in [2.45, 2.75) is 27.7 Å². The van der Waals surface area contributed by atoms with Crippen LogP contribution in [0.5, 0.6) is 0 Å². The maximum Gasteiger partial charge on any atom is 0.249 e. The predicted molar refractivity (Wildman–Crippen MR) is 97.6 cm³/mol. The molecule has 0 radical (unpaired) electrons. The molecule has 2 rings (SSSR count). The van der Waals surface area contributed by atoms with Gasteiger partial charge in [0, 0.05) is 11.8 Å². The molecule has 0 aliphatic rings. The van der Waals surface area contributed by atoms with Gasteiger partial charge in [-0.15, -0.1) is 0 Å². The van der Waals surface area contributed by atoms with E-state index >= 15 is 0 Å². The van der Waals surface area contributed by atoms with E-state index in [1.54, 1.807) is 6.07 Å². The molecule has 0 bridgehead atoms. The molecule has 2 aromatic carbocycles. The third kappa shape index (κ3) is 4.32. The van der Waals surface area contributed by atoms with E-state index in [4.69, 9.17) is 5.73 Å². The standard InChI is InChI=1S/C20H22N2O2/c1-12-7-13(2)9-17(8-12)22-19(23)11-18(20(21)24)16-6-5-14(3)15(4)10-16/h5-11H,1-4H3,(H2,21,24)(H,22,23)/b18-11-. The first-order chi connectivity index (χ1) is 11.3. The maximum absolute atomic E-state index is 12.3. The van der Waals surface area contributed by atoms with Gasteiger partial charge in [0.1, 0.15) is 0 Å². The number of primary amides is 1. The van der Waals surface area contributed by atoms with Crippen molar-refractivity contribution in [3.63, 3.8) is 0 Å². The van der Waals surface area contributed by atoms with Gasteiger partial charge in [-0.1, -0.05) is 24.3 Å². The van der Waals surface area contributed by atoms with E-state index in [-0.39, 0.29) is 11.5 Å². The number of rotatable bonds is 4. The van der Waals surface area contributed by atoms with Crippen molar-refractivity contribution in [2.24, 2.45) is 5.73 Å². The number of nitrogens with two attached hydrogens (primary N) is 1. The van der Waals surface area contributed by atoms with Gasteiger partial charge in [0.15, 0.2) is 0 Å². The molecular formula is C20H22N2O2. The van der Waals surface area contributed by atoms with E-state index in [9.17, 15) is 9.59 Å². The highest BCUT2D eigenvalue weighted by atomic mass is 16.2. The Labute approximate surface area is 142 Å². The highest BCUT2D eigenvalue weighted by Crippen LogP contribution is 2.19. The van der Waals surface area contributed by atoms with Crippen molar-refractivity contribution >= 4 is 23.1 Å². The molecular weight excluding hydrogens is 300 g/mol. The van der Waals surface area contributed by atoms with Gasteiger partial charge in [-0.25, -0.2) is 0 Å². The van der Waals surface area contributed by atoms with Gasteiger partial charge < -0.3 is 11.1 Å². The van der Waals surface area contributed by atoms with Crippen LogP contribution in [0.1, 0.15) is 27.8 Å². The van der Waals surface area contributed by atoms with Crippen molar-refractivity contribution in [2.75, 3.05) is 5.32 Å². The van der Waals surface area contributed by atoms with Crippen LogP contribution in [-0.2, 0) is 9.59 Å². The zero-order valence-corrected chi connectivity index (χ0v) is 14.4. The van der Waals surface area contributed by atoms with Crippen molar-refractivity contribution < 1.29 is 9.59 Å². The van der Waals surface area contributed by atoms with Crippen LogP contribution in [-0.4, -0.2) is 11.8 Å². The first-order valence-electron chi connectivity index (χ1n) is 7.74. The van der Waals surface area contributed by atoms with Crippen LogP contribution in [0, 0.1) is 27.7 Å². The Morgan fingerprint density at radius 3 is 2.08 bits per heavy atom. The van der Waals surface area contributed by atoms with Crippen molar-refractivity contribution in [3.05, 3.63) is 70.3 Å². The summed E-state index contributed by atoms with van der Waals surface area (Å²) in [7, 11) is 0. The molecule has 0 fully saturated rings. The minimum atomic E-state index is -0.631. The largest absolute Gasteiger partial charge is 0.366 e. The fourth-order valence-electron chi connectivity index (χ4n) is 2.56. The summed E-state index contributed by atoms with van der Waals surface area (Å²) < 4.78 is 0. The van der Waals surface area contributed by atoms with Gasteiger partial charge in [-0.05, 0) is 67.6 Å². The highest BCUT2D eigenvalue weighted by molar-refractivity contribution is 6.24. The molecule has 0 aliphatic carbocycles. The SMILES string of the molecule is Cc1cc(C)cc(NC(=O)/C=C(\C(N)=O)c2ccc(C)c(C)c2)c1. The van der Waals surface area contributed by atoms with Crippen LogP contribution in [0.15, 0.2) is 42.5 Å². The molecule has 4 nitrogen and oxygen atoms in total. The van der Waals surface area contributed by atoms with E-state index in [1.165, 1.54) is 6.08 Å². The topological polar surface area (TPSA) is 72.2 Å². The number of benzene rings is 2. The quantitative estimate of drug-likeness (QED) is 0.847. The fraction of sp³-hybridized carbons (Fsp3) is 0.200. The average Bonchev–Trinajstić information content (AvgIpc) is 2.46. The summed E-state index contributed by atoms with van der Waals surface area (Å²) in [6.45, 7) is 7.86. The molecule has 24 heavy (non-hydrogen) atoms. The van der Waals surface area contributed by atoms with E-state index in [2.05, 4.69) is 5.32 Å². The molecule has 0 saturated carbocycles. The Bertz CT molecular complexity index is 815. The summed E-state index contributed by atoms with van der Waals surface area (Å²) in [6, 6.07) is 11.3. The van der Waals surface area contributed by atoms with Gasteiger partial charge in [-0.2, -0.15) is 0 Å². The lowest BCUT2D eigenvalue weighted by molar-refractivity contribution is -0.114. The van der Waals surface area contributed by atoms with Crippen LogP contribution in [0.4, 0.5) is 5.69 Å². The van der Waals surface area contributed by atoms with Gasteiger partial charge in [0.2, 0.25) is 11.8 Å². The van der Waals surface area contributed by atoms with Crippen LogP contribution in [0.2, 0.25) is 0 Å². The lowest BCUT2D eigenvalue weighted by atomic mass is 9.99. The summed E-state index contributed by atoms with van der Waals surface area (Å²) in [5.41, 5.74) is 11.2. The number of hydrogen-bond donors (Lipinski definition) is 2. The molecule has 0 unspecified atom stereocenters. The first kappa shape index (κ1) is 17.5. The second-order valence-electron chi connectivity index (χ2n) is 6.09. The van der Waals surface area contributed by atoms with Gasteiger partial charge in [0.05, 0.1) is 5.57 Å². The molecule has 124 valence electrons. The molecule has 2 amide bonds. The minimum absolute atomic E-state index is 0.194. The second-order valence-corrected chi connectivity index (χ2v) is 6.09. The Morgan fingerprint density at radius 2 is 1.54 bits per heavy atom. The fourth-order valence-corrected chi connectivity index (χ4v) is 2.56. The molecule has 0 atom stereocenters. The summed E-state index contributed by atoms with van der Waals surface area (Å²) in [4.78, 5) is 24.0.